The van der Waals surface area contributed by atoms with Crippen molar-refractivity contribution in [3.05, 3.63) is 74.3 Å². The summed E-state index contributed by atoms with van der Waals surface area (Å²) in [6, 6.07) is 7.99. The number of benzene rings is 2. The number of carbonyl (C=O) groups excluding carboxylic acids is 1. The van der Waals surface area contributed by atoms with Crippen LogP contribution >= 0.6 is 11.3 Å². The van der Waals surface area contributed by atoms with Crippen LogP contribution in [0.15, 0.2) is 45.6 Å². The first-order valence-corrected chi connectivity index (χ1v) is 12.0. The molecule has 180 valence electrons. The van der Waals surface area contributed by atoms with Gasteiger partial charge >= 0.3 is 0 Å². The van der Waals surface area contributed by atoms with Crippen LogP contribution < -0.4 is 19.8 Å². The van der Waals surface area contributed by atoms with E-state index >= 15 is 0 Å². The molecule has 1 amide bonds. The molecule has 1 atom stereocenters. The van der Waals surface area contributed by atoms with E-state index in [9.17, 15) is 14.0 Å². The van der Waals surface area contributed by atoms with Gasteiger partial charge in [0.15, 0.2) is 16.9 Å². The Kier molecular flexibility index (Phi) is 5.98. The van der Waals surface area contributed by atoms with Gasteiger partial charge in [-0.1, -0.05) is 24.3 Å². The van der Waals surface area contributed by atoms with E-state index in [1.807, 2.05) is 13.8 Å². The molecule has 10 heteroatoms. The maximum absolute atomic E-state index is 14.0. The van der Waals surface area contributed by atoms with Gasteiger partial charge in [0, 0.05) is 6.42 Å². The van der Waals surface area contributed by atoms with E-state index in [0.29, 0.717) is 35.2 Å². The minimum atomic E-state index is -0.867. The lowest BCUT2D eigenvalue weighted by atomic mass is 9.98. The van der Waals surface area contributed by atoms with Gasteiger partial charge in [-0.15, -0.1) is 10.2 Å². The number of hydrogen-bond donors (Lipinski definition) is 0. The number of ether oxygens (including phenoxy) is 2. The third-order valence-electron chi connectivity index (χ3n) is 5.76. The number of hydrogen-bond acceptors (Lipinski definition) is 8. The lowest BCUT2D eigenvalue weighted by Crippen LogP contribution is -2.29. The van der Waals surface area contributed by atoms with Crippen LogP contribution in [0.5, 0.6) is 11.5 Å². The third-order valence-corrected chi connectivity index (χ3v) is 6.74. The lowest BCUT2D eigenvalue weighted by molar-refractivity contribution is 0.0970. The second-order valence-corrected chi connectivity index (χ2v) is 9.00. The first-order valence-electron chi connectivity index (χ1n) is 11.2. The van der Waals surface area contributed by atoms with Crippen molar-refractivity contribution in [3.8, 4) is 11.5 Å². The second kappa shape index (κ2) is 9.10. The summed E-state index contributed by atoms with van der Waals surface area (Å²) in [6.45, 7) is 4.33. The highest BCUT2D eigenvalue weighted by atomic mass is 32.1. The highest BCUT2D eigenvalue weighted by molar-refractivity contribution is 7.15. The Bertz CT molecular complexity index is 1500. The summed E-state index contributed by atoms with van der Waals surface area (Å²) < 4.78 is 31.0. The predicted octanol–water partition coefficient (Wildman–Crippen LogP) is 4.89. The topological polar surface area (TPSA) is 94.8 Å². The van der Waals surface area contributed by atoms with Gasteiger partial charge in [0.05, 0.1) is 30.7 Å². The fourth-order valence-corrected chi connectivity index (χ4v) is 5.21. The standard InChI is InChI=1S/C25H22FN3O5S/c1-4-6-19-27-28-25(35-19)29-21(13-7-9-17(33-5-2)18(11-13)32-3)20-22(30)15-12-14(26)8-10-16(15)34-23(20)24(29)31/h7-12,21H,4-6H2,1-3H3/t21-/m1/s1. The average Bonchev–Trinajstić information content (AvgIpc) is 3.42. The van der Waals surface area contributed by atoms with Gasteiger partial charge in [0.25, 0.3) is 5.91 Å². The van der Waals surface area contributed by atoms with Gasteiger partial charge in [0.1, 0.15) is 16.4 Å². The molecule has 0 N–H and O–H groups in total. The summed E-state index contributed by atoms with van der Waals surface area (Å²) in [4.78, 5) is 28.7. The Labute approximate surface area is 203 Å². The molecule has 3 heterocycles. The molecule has 8 nitrogen and oxygen atoms in total. The zero-order chi connectivity index (χ0) is 24.7. The highest BCUT2D eigenvalue weighted by Crippen LogP contribution is 2.44. The predicted molar refractivity (Wildman–Crippen MR) is 129 cm³/mol. The Hall–Kier alpha value is -3.79. The summed E-state index contributed by atoms with van der Waals surface area (Å²) in [7, 11) is 1.51. The Balaban J connectivity index is 1.75. The van der Waals surface area contributed by atoms with Gasteiger partial charge < -0.3 is 13.9 Å². The van der Waals surface area contributed by atoms with Crippen LogP contribution in [0.4, 0.5) is 9.52 Å². The molecular weight excluding hydrogens is 473 g/mol. The minimum absolute atomic E-state index is 0.0604. The zero-order valence-corrected chi connectivity index (χ0v) is 20.1. The van der Waals surface area contributed by atoms with Crippen molar-refractivity contribution < 1.29 is 23.1 Å². The van der Waals surface area contributed by atoms with E-state index in [4.69, 9.17) is 13.9 Å². The lowest BCUT2D eigenvalue weighted by Gasteiger charge is -2.23. The smallest absolute Gasteiger partial charge is 0.297 e. The Morgan fingerprint density at radius 2 is 1.94 bits per heavy atom. The molecule has 0 radical (unpaired) electrons. The van der Waals surface area contributed by atoms with Crippen LogP contribution in [0.2, 0.25) is 0 Å². The number of amides is 1. The van der Waals surface area contributed by atoms with Crippen molar-refractivity contribution >= 4 is 33.3 Å². The molecular formula is C25H22FN3O5S. The summed E-state index contributed by atoms with van der Waals surface area (Å²) in [5.41, 5.74) is 0.365. The molecule has 4 aromatic rings. The van der Waals surface area contributed by atoms with Crippen molar-refractivity contribution in [2.75, 3.05) is 18.6 Å². The Morgan fingerprint density at radius 1 is 1.11 bits per heavy atom. The van der Waals surface area contributed by atoms with E-state index < -0.39 is 23.2 Å². The fraction of sp³-hybridized carbons (Fsp3) is 0.280. The van der Waals surface area contributed by atoms with E-state index in [1.165, 1.54) is 35.5 Å². The van der Waals surface area contributed by atoms with Gasteiger partial charge in [-0.2, -0.15) is 0 Å². The maximum atomic E-state index is 14.0. The number of nitrogens with zero attached hydrogens (tertiary/aromatic N) is 3. The molecule has 0 aliphatic carbocycles. The van der Waals surface area contributed by atoms with Crippen LogP contribution in [0.1, 0.15) is 53.0 Å². The molecule has 35 heavy (non-hydrogen) atoms. The van der Waals surface area contributed by atoms with E-state index in [-0.39, 0.29) is 22.3 Å². The Morgan fingerprint density at radius 3 is 2.69 bits per heavy atom. The third kappa shape index (κ3) is 3.83. The average molecular weight is 496 g/mol. The van der Waals surface area contributed by atoms with Crippen LogP contribution in [0.25, 0.3) is 11.0 Å². The monoisotopic (exact) mass is 495 g/mol. The zero-order valence-electron chi connectivity index (χ0n) is 19.3. The first kappa shape index (κ1) is 23.0. The summed E-state index contributed by atoms with van der Waals surface area (Å²) in [5.74, 6) is -0.202. The highest BCUT2D eigenvalue weighted by Gasteiger charge is 2.45. The number of fused-ring (bicyclic) bond motifs is 2. The van der Waals surface area contributed by atoms with Crippen LogP contribution in [0, 0.1) is 5.82 Å². The van der Waals surface area contributed by atoms with Crippen molar-refractivity contribution in [1.82, 2.24) is 10.2 Å². The van der Waals surface area contributed by atoms with E-state index in [2.05, 4.69) is 10.2 Å². The van der Waals surface area contributed by atoms with Gasteiger partial charge in [-0.3, -0.25) is 14.5 Å². The molecule has 0 bridgehead atoms. The number of aryl methyl sites for hydroxylation is 1. The van der Waals surface area contributed by atoms with Crippen LogP contribution in [-0.2, 0) is 6.42 Å². The van der Waals surface area contributed by atoms with Crippen molar-refractivity contribution in [3.63, 3.8) is 0 Å². The first-order chi connectivity index (χ1) is 17.0. The molecule has 0 saturated heterocycles. The largest absolute Gasteiger partial charge is 0.493 e. The molecule has 1 aliphatic rings. The van der Waals surface area contributed by atoms with Crippen molar-refractivity contribution in [2.24, 2.45) is 0 Å². The van der Waals surface area contributed by atoms with Crippen LogP contribution in [0.3, 0.4) is 0 Å². The summed E-state index contributed by atoms with van der Waals surface area (Å²) in [6.07, 6.45) is 1.59. The molecule has 1 aliphatic heterocycles. The number of halogens is 1. The van der Waals surface area contributed by atoms with E-state index in [1.54, 1.807) is 18.2 Å². The molecule has 2 aromatic heterocycles. The summed E-state index contributed by atoms with van der Waals surface area (Å²) in [5, 5.41) is 9.64. The molecule has 0 saturated carbocycles. The molecule has 0 spiro atoms. The maximum Gasteiger partial charge on any atom is 0.297 e. The van der Waals surface area contributed by atoms with Gasteiger partial charge in [0.2, 0.25) is 10.9 Å². The number of methoxy groups -OCH3 is 1. The number of rotatable bonds is 7. The molecule has 5 rings (SSSR count). The number of anilines is 1. The van der Waals surface area contributed by atoms with Crippen molar-refractivity contribution in [1.29, 1.82) is 0 Å². The molecule has 2 aromatic carbocycles. The van der Waals surface area contributed by atoms with Crippen LogP contribution in [-0.4, -0.2) is 29.8 Å². The second-order valence-electron chi connectivity index (χ2n) is 7.96. The number of aromatic nitrogens is 2. The SMILES string of the molecule is CCCc1nnc(N2C(=O)c3oc4ccc(F)cc4c(=O)c3[C@H]2c2ccc(OCC)c(OC)c2)s1. The van der Waals surface area contributed by atoms with Gasteiger partial charge in [-0.05, 0) is 49.2 Å². The number of carbonyl (C=O) groups is 1. The normalized spacial score (nSPS) is 15.0. The quantitative estimate of drug-likeness (QED) is 0.360. The van der Waals surface area contributed by atoms with Gasteiger partial charge in [-0.25, -0.2) is 4.39 Å². The fourth-order valence-electron chi connectivity index (χ4n) is 4.24. The molecule has 0 unspecified atom stereocenters. The summed E-state index contributed by atoms with van der Waals surface area (Å²) >= 11 is 1.28. The van der Waals surface area contributed by atoms with Crippen molar-refractivity contribution in [2.45, 2.75) is 32.7 Å². The van der Waals surface area contributed by atoms with E-state index in [0.717, 1.165) is 17.5 Å². The minimum Gasteiger partial charge on any atom is -0.493 e. The molecule has 0 fully saturated rings.